The number of hydrogen-bond donors (Lipinski definition) is 1. The minimum atomic E-state index is -0.291. The van der Waals surface area contributed by atoms with Crippen LogP contribution in [0, 0.1) is 0 Å². The highest BCUT2D eigenvalue weighted by molar-refractivity contribution is 8.00. The summed E-state index contributed by atoms with van der Waals surface area (Å²) < 4.78 is 11.3. The SMILES string of the molecule is COc1ccc(OC)c(/C=C/C(=O)Nc2nnc(SCc3ccccc3)s2)c1. The number of benzene rings is 2. The molecular formula is C20H19N3O3S2. The number of carbonyl (C=O) groups is 1. The van der Waals surface area contributed by atoms with E-state index in [0.717, 1.165) is 15.7 Å². The molecule has 1 N–H and O–H groups in total. The second kappa shape index (κ2) is 9.91. The molecule has 3 rings (SSSR count). The number of thioether (sulfide) groups is 1. The summed E-state index contributed by atoms with van der Waals surface area (Å²) in [6.07, 6.45) is 3.10. The van der Waals surface area contributed by atoms with E-state index in [9.17, 15) is 4.79 Å². The van der Waals surface area contributed by atoms with Crippen molar-refractivity contribution in [1.82, 2.24) is 10.2 Å². The first kappa shape index (κ1) is 19.9. The molecule has 0 saturated heterocycles. The minimum absolute atomic E-state index is 0.291. The Morgan fingerprint density at radius 2 is 1.96 bits per heavy atom. The third-order valence-electron chi connectivity index (χ3n) is 3.69. The van der Waals surface area contributed by atoms with Crippen LogP contribution in [0.15, 0.2) is 58.9 Å². The van der Waals surface area contributed by atoms with Gasteiger partial charge in [0.15, 0.2) is 4.34 Å². The summed E-state index contributed by atoms with van der Waals surface area (Å²) in [6.45, 7) is 0. The fourth-order valence-corrected chi connectivity index (χ4v) is 4.03. The molecule has 144 valence electrons. The molecule has 0 aliphatic rings. The number of nitrogens with one attached hydrogen (secondary N) is 1. The largest absolute Gasteiger partial charge is 0.497 e. The maximum Gasteiger partial charge on any atom is 0.250 e. The molecule has 1 heterocycles. The quantitative estimate of drug-likeness (QED) is 0.333. The number of hydrogen-bond acceptors (Lipinski definition) is 7. The molecule has 0 aliphatic heterocycles. The Kier molecular flexibility index (Phi) is 7.05. The summed E-state index contributed by atoms with van der Waals surface area (Å²) in [6, 6.07) is 15.5. The van der Waals surface area contributed by atoms with Crippen LogP contribution >= 0.6 is 23.1 Å². The van der Waals surface area contributed by atoms with E-state index in [1.165, 1.54) is 23.0 Å². The molecule has 0 spiro atoms. The molecule has 3 aromatic rings. The number of nitrogens with zero attached hydrogens (tertiary/aromatic N) is 2. The predicted molar refractivity (Wildman–Crippen MR) is 113 cm³/mol. The molecule has 0 unspecified atom stereocenters. The van der Waals surface area contributed by atoms with E-state index >= 15 is 0 Å². The summed E-state index contributed by atoms with van der Waals surface area (Å²) in [7, 11) is 3.17. The Labute approximate surface area is 171 Å². The minimum Gasteiger partial charge on any atom is -0.497 e. The Balaban J connectivity index is 1.58. The normalized spacial score (nSPS) is 10.8. The van der Waals surface area contributed by atoms with Crippen LogP contribution in [-0.4, -0.2) is 30.3 Å². The van der Waals surface area contributed by atoms with Crippen LogP contribution in [0.3, 0.4) is 0 Å². The highest BCUT2D eigenvalue weighted by atomic mass is 32.2. The van der Waals surface area contributed by atoms with Gasteiger partial charge in [0, 0.05) is 17.4 Å². The van der Waals surface area contributed by atoms with Gasteiger partial charge in [-0.1, -0.05) is 53.4 Å². The fourth-order valence-electron chi connectivity index (χ4n) is 2.32. The van der Waals surface area contributed by atoms with Gasteiger partial charge in [-0.15, -0.1) is 10.2 Å². The van der Waals surface area contributed by atoms with Crippen molar-refractivity contribution in [2.24, 2.45) is 0 Å². The zero-order valence-electron chi connectivity index (χ0n) is 15.4. The van der Waals surface area contributed by atoms with Crippen LogP contribution in [0.2, 0.25) is 0 Å². The fraction of sp³-hybridized carbons (Fsp3) is 0.150. The molecule has 2 aromatic carbocycles. The third-order valence-corrected chi connectivity index (χ3v) is 5.74. The third kappa shape index (κ3) is 5.58. The first-order valence-electron chi connectivity index (χ1n) is 8.39. The molecule has 1 aromatic heterocycles. The molecule has 6 nitrogen and oxygen atoms in total. The number of carbonyl (C=O) groups excluding carboxylic acids is 1. The maximum atomic E-state index is 12.2. The van der Waals surface area contributed by atoms with Crippen molar-refractivity contribution < 1.29 is 14.3 Å². The smallest absolute Gasteiger partial charge is 0.250 e. The number of ether oxygens (including phenoxy) is 2. The van der Waals surface area contributed by atoms with E-state index in [-0.39, 0.29) is 5.91 Å². The van der Waals surface area contributed by atoms with Gasteiger partial charge in [0.25, 0.3) is 0 Å². The first-order chi connectivity index (χ1) is 13.7. The van der Waals surface area contributed by atoms with Crippen molar-refractivity contribution in [2.45, 2.75) is 10.1 Å². The summed E-state index contributed by atoms with van der Waals surface area (Å²) >= 11 is 2.93. The second-order valence-corrected chi connectivity index (χ2v) is 7.78. The van der Waals surface area contributed by atoms with Crippen molar-refractivity contribution in [3.8, 4) is 11.5 Å². The predicted octanol–water partition coefficient (Wildman–Crippen LogP) is 4.50. The molecule has 0 saturated carbocycles. The lowest BCUT2D eigenvalue weighted by molar-refractivity contribution is -0.111. The van der Waals surface area contributed by atoms with Crippen LogP contribution in [0.25, 0.3) is 6.08 Å². The summed E-state index contributed by atoms with van der Waals surface area (Å²) in [5.74, 6) is 1.85. The molecule has 0 fully saturated rings. The zero-order chi connectivity index (χ0) is 19.8. The lowest BCUT2D eigenvalue weighted by Crippen LogP contribution is -2.07. The lowest BCUT2D eigenvalue weighted by Gasteiger charge is -2.07. The Bertz CT molecular complexity index is 958. The number of aromatic nitrogens is 2. The van der Waals surface area contributed by atoms with Crippen molar-refractivity contribution in [1.29, 1.82) is 0 Å². The van der Waals surface area contributed by atoms with Crippen LogP contribution in [-0.2, 0) is 10.5 Å². The molecule has 0 aliphatic carbocycles. The standard InChI is InChI=1S/C20H19N3O3S2/c1-25-16-9-10-17(26-2)15(12-16)8-11-18(24)21-19-22-23-20(28-19)27-13-14-6-4-3-5-7-14/h3-12H,13H2,1-2H3,(H,21,22,24)/b11-8+. The first-order valence-corrected chi connectivity index (χ1v) is 10.2. The lowest BCUT2D eigenvalue weighted by atomic mass is 10.1. The van der Waals surface area contributed by atoms with Crippen LogP contribution in [0.1, 0.15) is 11.1 Å². The van der Waals surface area contributed by atoms with E-state index in [1.807, 2.05) is 18.2 Å². The molecule has 28 heavy (non-hydrogen) atoms. The molecule has 0 atom stereocenters. The molecular weight excluding hydrogens is 394 g/mol. The van der Waals surface area contributed by atoms with Crippen LogP contribution in [0.5, 0.6) is 11.5 Å². The average Bonchev–Trinajstić information content (AvgIpc) is 3.18. The molecule has 0 bridgehead atoms. The number of rotatable bonds is 8. The molecule has 1 amide bonds. The second-order valence-electron chi connectivity index (χ2n) is 5.58. The Hall–Kier alpha value is -2.84. The van der Waals surface area contributed by atoms with Gasteiger partial charge in [-0.05, 0) is 29.8 Å². The highest BCUT2D eigenvalue weighted by Crippen LogP contribution is 2.28. The van der Waals surface area contributed by atoms with Gasteiger partial charge in [0.2, 0.25) is 11.0 Å². The monoisotopic (exact) mass is 413 g/mol. The number of amides is 1. The van der Waals surface area contributed by atoms with Gasteiger partial charge < -0.3 is 9.47 Å². The van der Waals surface area contributed by atoms with Gasteiger partial charge in [-0.2, -0.15) is 0 Å². The van der Waals surface area contributed by atoms with Gasteiger partial charge in [-0.3, -0.25) is 10.1 Å². The van der Waals surface area contributed by atoms with Crippen LogP contribution < -0.4 is 14.8 Å². The Morgan fingerprint density at radius 1 is 1.14 bits per heavy atom. The van der Waals surface area contributed by atoms with Gasteiger partial charge in [-0.25, -0.2) is 0 Å². The number of anilines is 1. The van der Waals surface area contributed by atoms with E-state index in [4.69, 9.17) is 9.47 Å². The number of methoxy groups -OCH3 is 2. The van der Waals surface area contributed by atoms with Crippen molar-refractivity contribution in [2.75, 3.05) is 19.5 Å². The van der Waals surface area contributed by atoms with Gasteiger partial charge >= 0.3 is 0 Å². The molecule has 0 radical (unpaired) electrons. The summed E-state index contributed by atoms with van der Waals surface area (Å²) in [4.78, 5) is 12.2. The Morgan fingerprint density at radius 3 is 2.71 bits per heavy atom. The van der Waals surface area contributed by atoms with Crippen molar-refractivity contribution >= 4 is 40.2 Å². The highest BCUT2D eigenvalue weighted by Gasteiger charge is 2.08. The summed E-state index contributed by atoms with van der Waals surface area (Å²) in [5, 5.41) is 11.3. The van der Waals surface area contributed by atoms with Crippen molar-refractivity contribution in [3.63, 3.8) is 0 Å². The van der Waals surface area contributed by atoms with E-state index in [2.05, 4.69) is 27.6 Å². The van der Waals surface area contributed by atoms with Crippen LogP contribution in [0.4, 0.5) is 5.13 Å². The van der Waals surface area contributed by atoms with Gasteiger partial charge in [0.1, 0.15) is 11.5 Å². The average molecular weight is 414 g/mol. The van der Waals surface area contributed by atoms with E-state index in [0.29, 0.717) is 16.6 Å². The maximum absolute atomic E-state index is 12.2. The van der Waals surface area contributed by atoms with E-state index < -0.39 is 0 Å². The topological polar surface area (TPSA) is 73.3 Å². The molecule has 8 heteroatoms. The van der Waals surface area contributed by atoms with E-state index in [1.54, 1.807) is 50.3 Å². The van der Waals surface area contributed by atoms with Crippen molar-refractivity contribution in [3.05, 3.63) is 65.7 Å². The summed E-state index contributed by atoms with van der Waals surface area (Å²) in [5.41, 5.74) is 1.96. The van der Waals surface area contributed by atoms with Gasteiger partial charge in [0.05, 0.1) is 14.2 Å². The zero-order valence-corrected chi connectivity index (χ0v) is 17.0.